The van der Waals surface area contributed by atoms with Crippen molar-refractivity contribution < 1.29 is 9.47 Å². The second-order valence-corrected chi connectivity index (χ2v) is 7.93. The summed E-state index contributed by atoms with van der Waals surface area (Å²) in [6, 6.07) is 22.9. The van der Waals surface area contributed by atoms with Gasteiger partial charge < -0.3 is 14.4 Å². The first-order valence-corrected chi connectivity index (χ1v) is 9.94. The molecule has 0 bridgehead atoms. The highest BCUT2D eigenvalue weighted by Gasteiger charge is 2.42. The van der Waals surface area contributed by atoms with E-state index in [0.29, 0.717) is 16.5 Å². The molecule has 0 spiro atoms. The van der Waals surface area contributed by atoms with Gasteiger partial charge in [0.15, 0.2) is 11.5 Å². The SMILES string of the molecule is CN(C)c1c(Cl)c(C(c2ccccc2)(c2ccccc2)N(C)C)cc2c1OCO2. The predicted molar refractivity (Wildman–Crippen MR) is 118 cm³/mol. The van der Waals surface area contributed by atoms with Crippen molar-refractivity contribution >= 4 is 17.3 Å². The highest BCUT2D eigenvalue weighted by Crippen LogP contribution is 2.53. The summed E-state index contributed by atoms with van der Waals surface area (Å²) in [7, 11) is 8.09. The van der Waals surface area contributed by atoms with Crippen molar-refractivity contribution in [3.63, 3.8) is 0 Å². The molecular weight excluding hydrogens is 384 g/mol. The molecule has 3 aromatic rings. The second-order valence-electron chi connectivity index (χ2n) is 7.55. The van der Waals surface area contributed by atoms with Crippen molar-refractivity contribution in [2.24, 2.45) is 0 Å². The summed E-state index contributed by atoms with van der Waals surface area (Å²) in [6.45, 7) is 0.196. The van der Waals surface area contributed by atoms with Gasteiger partial charge >= 0.3 is 0 Å². The summed E-state index contributed by atoms with van der Waals surface area (Å²) >= 11 is 7.11. The molecule has 0 saturated carbocycles. The predicted octanol–water partition coefficient (Wildman–Crippen LogP) is 4.99. The maximum atomic E-state index is 7.11. The summed E-state index contributed by atoms with van der Waals surface area (Å²) in [4.78, 5) is 4.19. The van der Waals surface area contributed by atoms with E-state index in [1.807, 2.05) is 37.2 Å². The third kappa shape index (κ3) is 3.04. The lowest BCUT2D eigenvalue weighted by Gasteiger charge is -2.42. The van der Waals surface area contributed by atoms with Gasteiger partial charge in [-0.3, -0.25) is 4.90 Å². The number of halogens is 1. The number of benzene rings is 3. The summed E-state index contributed by atoms with van der Waals surface area (Å²) in [5.74, 6) is 1.41. The molecule has 1 aliphatic heterocycles. The van der Waals surface area contributed by atoms with Gasteiger partial charge in [-0.2, -0.15) is 0 Å². The highest BCUT2D eigenvalue weighted by atomic mass is 35.5. The van der Waals surface area contributed by atoms with Crippen molar-refractivity contribution in [3.8, 4) is 11.5 Å². The van der Waals surface area contributed by atoms with Crippen LogP contribution in [0.5, 0.6) is 11.5 Å². The molecular formula is C24H25ClN2O2. The van der Waals surface area contributed by atoms with Crippen LogP contribution in [0.4, 0.5) is 5.69 Å². The fraction of sp³-hybridized carbons (Fsp3) is 0.250. The molecule has 1 aliphatic rings. The van der Waals surface area contributed by atoms with Crippen LogP contribution in [-0.4, -0.2) is 39.9 Å². The van der Waals surface area contributed by atoms with E-state index in [9.17, 15) is 0 Å². The molecule has 0 atom stereocenters. The van der Waals surface area contributed by atoms with Crippen molar-refractivity contribution in [1.82, 2.24) is 4.90 Å². The summed E-state index contributed by atoms with van der Waals surface area (Å²) < 4.78 is 11.6. The topological polar surface area (TPSA) is 24.9 Å². The Labute approximate surface area is 177 Å². The molecule has 4 rings (SSSR count). The molecule has 0 saturated heterocycles. The van der Waals surface area contributed by atoms with Crippen LogP contribution in [0, 0.1) is 0 Å². The van der Waals surface area contributed by atoms with E-state index < -0.39 is 5.54 Å². The van der Waals surface area contributed by atoms with Crippen LogP contribution < -0.4 is 14.4 Å². The van der Waals surface area contributed by atoms with Crippen molar-refractivity contribution in [3.05, 3.63) is 88.4 Å². The Hall–Kier alpha value is -2.69. The lowest BCUT2D eigenvalue weighted by atomic mass is 9.75. The molecule has 0 amide bonds. The Bertz CT molecular complexity index is 965. The zero-order valence-corrected chi connectivity index (χ0v) is 17.9. The molecule has 0 radical (unpaired) electrons. The Morgan fingerprint density at radius 1 is 0.828 bits per heavy atom. The van der Waals surface area contributed by atoms with Gasteiger partial charge in [-0.25, -0.2) is 0 Å². The first-order chi connectivity index (χ1) is 14.0. The Morgan fingerprint density at radius 2 is 1.38 bits per heavy atom. The first kappa shape index (κ1) is 19.6. The van der Waals surface area contributed by atoms with Crippen LogP contribution in [0.1, 0.15) is 16.7 Å². The van der Waals surface area contributed by atoms with Gasteiger partial charge in [-0.15, -0.1) is 0 Å². The molecule has 3 aromatic carbocycles. The minimum absolute atomic E-state index is 0.196. The Morgan fingerprint density at radius 3 is 1.86 bits per heavy atom. The lowest BCUT2D eigenvalue weighted by molar-refractivity contribution is 0.174. The molecule has 0 fully saturated rings. The molecule has 0 aromatic heterocycles. The van der Waals surface area contributed by atoms with Gasteiger partial charge in [-0.1, -0.05) is 72.3 Å². The molecule has 1 heterocycles. The third-order valence-corrected chi connectivity index (χ3v) is 5.85. The van der Waals surface area contributed by atoms with E-state index in [4.69, 9.17) is 21.1 Å². The summed E-state index contributed by atoms with van der Waals surface area (Å²) in [5.41, 5.74) is 3.43. The van der Waals surface area contributed by atoms with E-state index in [-0.39, 0.29) is 6.79 Å². The van der Waals surface area contributed by atoms with Crippen LogP contribution in [0.3, 0.4) is 0 Å². The average Bonchev–Trinajstić information content (AvgIpc) is 3.18. The van der Waals surface area contributed by atoms with Crippen LogP contribution in [0.25, 0.3) is 0 Å². The van der Waals surface area contributed by atoms with Gasteiger partial charge in [0.05, 0.1) is 10.6 Å². The monoisotopic (exact) mass is 408 g/mol. The maximum Gasteiger partial charge on any atom is 0.231 e. The normalized spacial score (nSPS) is 13.0. The van der Waals surface area contributed by atoms with Crippen LogP contribution in [-0.2, 0) is 5.54 Å². The summed E-state index contributed by atoms with van der Waals surface area (Å²) in [5, 5.41) is 0.653. The fourth-order valence-electron chi connectivity index (χ4n) is 4.26. The Kier molecular flexibility index (Phi) is 5.15. The number of nitrogens with zero attached hydrogens (tertiary/aromatic N) is 2. The highest BCUT2D eigenvalue weighted by molar-refractivity contribution is 6.34. The van der Waals surface area contributed by atoms with E-state index in [1.165, 1.54) is 0 Å². The zero-order chi connectivity index (χ0) is 20.6. The van der Waals surface area contributed by atoms with Crippen LogP contribution in [0.2, 0.25) is 5.02 Å². The molecule has 150 valence electrons. The van der Waals surface area contributed by atoms with Crippen LogP contribution >= 0.6 is 11.6 Å². The van der Waals surface area contributed by atoms with E-state index in [1.54, 1.807) is 0 Å². The zero-order valence-electron chi connectivity index (χ0n) is 17.1. The quantitative estimate of drug-likeness (QED) is 0.555. The van der Waals surface area contributed by atoms with Crippen molar-refractivity contribution in [2.75, 3.05) is 39.9 Å². The van der Waals surface area contributed by atoms with Gasteiger partial charge in [0.1, 0.15) is 5.69 Å². The number of hydrogen-bond donors (Lipinski definition) is 0. The lowest BCUT2D eigenvalue weighted by Crippen LogP contribution is -2.44. The van der Waals surface area contributed by atoms with Crippen molar-refractivity contribution in [1.29, 1.82) is 0 Å². The van der Waals surface area contributed by atoms with Gasteiger partial charge in [0, 0.05) is 19.7 Å². The second kappa shape index (κ2) is 7.62. The minimum atomic E-state index is -0.606. The largest absolute Gasteiger partial charge is 0.453 e. The standard InChI is InChI=1S/C24H25ClN2O2/c1-26(2)22-21(25)19(15-20-23(22)29-16-28-20)24(27(3)4,17-11-7-5-8-12-17)18-13-9-6-10-14-18/h5-15H,16H2,1-4H3. The molecule has 5 heteroatoms. The number of fused-ring (bicyclic) bond motifs is 1. The van der Waals surface area contributed by atoms with Crippen LogP contribution in [0.15, 0.2) is 66.7 Å². The smallest absolute Gasteiger partial charge is 0.231 e. The Balaban J connectivity index is 2.13. The van der Waals surface area contributed by atoms with Gasteiger partial charge in [0.2, 0.25) is 6.79 Å². The van der Waals surface area contributed by atoms with E-state index in [2.05, 4.69) is 67.5 Å². The van der Waals surface area contributed by atoms with Gasteiger partial charge in [-0.05, 0) is 31.3 Å². The van der Waals surface area contributed by atoms with E-state index >= 15 is 0 Å². The maximum absolute atomic E-state index is 7.11. The number of ether oxygens (including phenoxy) is 2. The molecule has 0 unspecified atom stereocenters. The fourth-order valence-corrected chi connectivity index (χ4v) is 4.71. The number of rotatable bonds is 5. The third-order valence-electron chi connectivity index (χ3n) is 5.47. The molecule has 0 N–H and O–H groups in total. The average molecular weight is 409 g/mol. The van der Waals surface area contributed by atoms with Crippen molar-refractivity contribution in [2.45, 2.75) is 5.54 Å². The number of anilines is 1. The minimum Gasteiger partial charge on any atom is -0.453 e. The molecule has 29 heavy (non-hydrogen) atoms. The molecule has 0 aliphatic carbocycles. The van der Waals surface area contributed by atoms with Gasteiger partial charge in [0.25, 0.3) is 0 Å². The first-order valence-electron chi connectivity index (χ1n) is 9.56. The summed E-state index contributed by atoms with van der Waals surface area (Å²) in [6.07, 6.45) is 0. The molecule has 4 nitrogen and oxygen atoms in total. The van der Waals surface area contributed by atoms with E-state index in [0.717, 1.165) is 22.4 Å². The number of hydrogen-bond acceptors (Lipinski definition) is 4.